The SMILES string of the molecule is C[C@@H]1C[C@@H]1C(=O)NCCc1nc(N(C)C)ncc1-c1ccncc1. The number of nitrogens with zero attached hydrogens (tertiary/aromatic N) is 4. The van der Waals surface area contributed by atoms with Crippen LogP contribution in [0.25, 0.3) is 11.1 Å². The van der Waals surface area contributed by atoms with Gasteiger partial charge in [-0.05, 0) is 30.0 Å². The van der Waals surface area contributed by atoms with Crippen LogP contribution in [-0.2, 0) is 11.2 Å². The molecule has 0 spiro atoms. The van der Waals surface area contributed by atoms with Crippen LogP contribution in [0, 0.1) is 11.8 Å². The summed E-state index contributed by atoms with van der Waals surface area (Å²) in [6.07, 6.45) is 7.04. The summed E-state index contributed by atoms with van der Waals surface area (Å²) in [6, 6.07) is 3.89. The van der Waals surface area contributed by atoms with Gasteiger partial charge in [-0.15, -0.1) is 0 Å². The largest absolute Gasteiger partial charge is 0.355 e. The third-order valence-electron chi connectivity index (χ3n) is 4.35. The van der Waals surface area contributed by atoms with Gasteiger partial charge in [-0.25, -0.2) is 9.97 Å². The van der Waals surface area contributed by atoms with E-state index in [9.17, 15) is 4.79 Å². The Morgan fingerprint density at radius 3 is 2.67 bits per heavy atom. The first kappa shape index (κ1) is 16.4. The average molecular weight is 325 g/mol. The molecule has 24 heavy (non-hydrogen) atoms. The van der Waals surface area contributed by atoms with Crippen LogP contribution < -0.4 is 10.2 Å². The number of carbonyl (C=O) groups is 1. The van der Waals surface area contributed by atoms with Gasteiger partial charge in [0.15, 0.2) is 0 Å². The molecular weight excluding hydrogens is 302 g/mol. The molecule has 0 radical (unpaired) electrons. The molecule has 126 valence electrons. The second kappa shape index (κ2) is 6.95. The Morgan fingerprint density at radius 1 is 1.33 bits per heavy atom. The monoisotopic (exact) mass is 325 g/mol. The van der Waals surface area contributed by atoms with E-state index in [4.69, 9.17) is 0 Å². The highest BCUT2D eigenvalue weighted by molar-refractivity contribution is 5.81. The number of rotatable bonds is 6. The Hall–Kier alpha value is -2.50. The summed E-state index contributed by atoms with van der Waals surface area (Å²) in [7, 11) is 3.84. The fourth-order valence-corrected chi connectivity index (χ4v) is 2.71. The maximum absolute atomic E-state index is 12.0. The Morgan fingerprint density at radius 2 is 2.04 bits per heavy atom. The van der Waals surface area contributed by atoms with E-state index in [2.05, 4.69) is 27.2 Å². The minimum absolute atomic E-state index is 0.162. The highest BCUT2D eigenvalue weighted by atomic mass is 16.2. The van der Waals surface area contributed by atoms with Gasteiger partial charge in [0.1, 0.15) is 0 Å². The molecule has 0 unspecified atom stereocenters. The van der Waals surface area contributed by atoms with E-state index >= 15 is 0 Å². The van der Waals surface area contributed by atoms with Crippen molar-refractivity contribution in [3.8, 4) is 11.1 Å². The minimum Gasteiger partial charge on any atom is -0.355 e. The van der Waals surface area contributed by atoms with Crippen molar-refractivity contribution >= 4 is 11.9 Å². The summed E-state index contributed by atoms with van der Waals surface area (Å²) in [4.78, 5) is 27.0. The van der Waals surface area contributed by atoms with Crippen LogP contribution in [0.15, 0.2) is 30.7 Å². The Bertz CT molecular complexity index is 717. The lowest BCUT2D eigenvalue weighted by molar-refractivity contribution is -0.122. The first-order chi connectivity index (χ1) is 11.6. The van der Waals surface area contributed by atoms with Crippen molar-refractivity contribution in [2.45, 2.75) is 19.8 Å². The molecule has 6 heteroatoms. The molecule has 0 aromatic carbocycles. The predicted octanol–water partition coefficient (Wildman–Crippen LogP) is 1.92. The fraction of sp³-hybridized carbons (Fsp3) is 0.444. The van der Waals surface area contributed by atoms with Crippen molar-refractivity contribution in [3.05, 3.63) is 36.4 Å². The van der Waals surface area contributed by atoms with Crippen LogP contribution in [0.2, 0.25) is 0 Å². The number of anilines is 1. The lowest BCUT2D eigenvalue weighted by Crippen LogP contribution is -2.28. The van der Waals surface area contributed by atoms with Crippen molar-refractivity contribution in [3.63, 3.8) is 0 Å². The van der Waals surface area contributed by atoms with Crippen molar-refractivity contribution < 1.29 is 4.79 Å². The summed E-state index contributed by atoms with van der Waals surface area (Å²) in [5.41, 5.74) is 2.95. The number of carbonyl (C=O) groups excluding carboxylic acids is 1. The molecule has 1 aliphatic rings. The van der Waals surface area contributed by atoms with E-state index in [-0.39, 0.29) is 11.8 Å². The summed E-state index contributed by atoms with van der Waals surface area (Å²) in [6.45, 7) is 2.70. The van der Waals surface area contributed by atoms with Crippen LogP contribution in [0.5, 0.6) is 0 Å². The second-order valence-electron chi connectivity index (χ2n) is 6.52. The standard InChI is InChI=1S/C18H23N5O/c1-12-10-14(12)17(24)20-9-6-16-15(13-4-7-19-8-5-13)11-21-18(22-16)23(2)3/h4-5,7-8,11-12,14H,6,9-10H2,1-3H3,(H,20,24)/t12-,14+/m1/s1. The average Bonchev–Trinajstić information content (AvgIpc) is 3.32. The summed E-state index contributed by atoms with van der Waals surface area (Å²) >= 11 is 0. The molecule has 1 fully saturated rings. The number of hydrogen-bond donors (Lipinski definition) is 1. The van der Waals surface area contributed by atoms with Crippen LogP contribution in [0.3, 0.4) is 0 Å². The maximum atomic E-state index is 12.0. The van der Waals surface area contributed by atoms with Crippen LogP contribution in [0.4, 0.5) is 5.95 Å². The number of pyridine rings is 1. The minimum atomic E-state index is 0.162. The topological polar surface area (TPSA) is 71.0 Å². The highest BCUT2D eigenvalue weighted by Gasteiger charge is 2.38. The van der Waals surface area contributed by atoms with Crippen LogP contribution >= 0.6 is 0 Å². The smallest absolute Gasteiger partial charge is 0.225 e. The van der Waals surface area contributed by atoms with Gasteiger partial charge in [-0.3, -0.25) is 9.78 Å². The molecule has 0 bridgehead atoms. The van der Waals surface area contributed by atoms with Gasteiger partial charge in [0.25, 0.3) is 0 Å². The zero-order valence-corrected chi connectivity index (χ0v) is 14.4. The summed E-state index contributed by atoms with van der Waals surface area (Å²) in [5, 5.41) is 3.03. The van der Waals surface area contributed by atoms with Crippen molar-refractivity contribution in [1.82, 2.24) is 20.3 Å². The first-order valence-corrected chi connectivity index (χ1v) is 8.27. The molecule has 2 aromatic heterocycles. The van der Waals surface area contributed by atoms with Gasteiger partial charge >= 0.3 is 0 Å². The maximum Gasteiger partial charge on any atom is 0.225 e. The van der Waals surface area contributed by atoms with E-state index in [1.54, 1.807) is 12.4 Å². The lowest BCUT2D eigenvalue weighted by atomic mass is 10.1. The van der Waals surface area contributed by atoms with E-state index < -0.39 is 0 Å². The van der Waals surface area contributed by atoms with Crippen molar-refractivity contribution in [2.24, 2.45) is 11.8 Å². The zero-order valence-electron chi connectivity index (χ0n) is 14.4. The molecule has 0 saturated heterocycles. The molecule has 0 aliphatic heterocycles. The van der Waals surface area contributed by atoms with Crippen molar-refractivity contribution in [1.29, 1.82) is 0 Å². The van der Waals surface area contributed by atoms with E-state index in [1.165, 1.54) is 0 Å². The molecule has 3 rings (SSSR count). The van der Waals surface area contributed by atoms with Gasteiger partial charge in [0.2, 0.25) is 11.9 Å². The molecule has 6 nitrogen and oxygen atoms in total. The van der Waals surface area contributed by atoms with Crippen LogP contribution in [-0.4, -0.2) is 41.5 Å². The number of hydrogen-bond acceptors (Lipinski definition) is 5. The molecule has 2 atom stereocenters. The Labute approximate surface area is 142 Å². The summed E-state index contributed by atoms with van der Waals surface area (Å²) in [5.74, 6) is 1.56. The second-order valence-corrected chi connectivity index (χ2v) is 6.52. The molecule has 1 saturated carbocycles. The van der Waals surface area contributed by atoms with Gasteiger partial charge in [0.05, 0.1) is 5.69 Å². The number of amides is 1. The molecule has 2 aromatic rings. The van der Waals surface area contributed by atoms with Gasteiger partial charge < -0.3 is 10.2 Å². The third kappa shape index (κ3) is 3.69. The highest BCUT2D eigenvalue weighted by Crippen LogP contribution is 2.37. The van der Waals surface area contributed by atoms with Crippen molar-refractivity contribution in [2.75, 3.05) is 25.5 Å². The first-order valence-electron chi connectivity index (χ1n) is 8.27. The van der Waals surface area contributed by atoms with E-state index in [1.807, 2.05) is 37.3 Å². The molecular formula is C18H23N5O. The number of aromatic nitrogens is 3. The van der Waals surface area contributed by atoms with Gasteiger partial charge in [0, 0.05) is 57.1 Å². The van der Waals surface area contributed by atoms with E-state index in [0.717, 1.165) is 23.2 Å². The molecule has 1 N–H and O–H groups in total. The van der Waals surface area contributed by atoms with Gasteiger partial charge in [-0.1, -0.05) is 6.92 Å². The quantitative estimate of drug-likeness (QED) is 0.878. The molecule has 1 amide bonds. The van der Waals surface area contributed by atoms with Crippen LogP contribution in [0.1, 0.15) is 19.0 Å². The zero-order chi connectivity index (χ0) is 17.1. The molecule has 2 heterocycles. The normalized spacial score (nSPS) is 19.0. The lowest BCUT2D eigenvalue weighted by Gasteiger charge is -2.15. The summed E-state index contributed by atoms with van der Waals surface area (Å²) < 4.78 is 0. The third-order valence-corrected chi connectivity index (χ3v) is 4.35. The number of nitrogens with one attached hydrogen (secondary N) is 1. The molecule has 1 aliphatic carbocycles. The Kier molecular flexibility index (Phi) is 4.74. The van der Waals surface area contributed by atoms with Gasteiger partial charge in [-0.2, -0.15) is 0 Å². The predicted molar refractivity (Wildman–Crippen MR) is 93.6 cm³/mol. The van der Waals surface area contributed by atoms with E-state index in [0.29, 0.717) is 24.8 Å². The Balaban J connectivity index is 1.75. The fourth-order valence-electron chi connectivity index (χ4n) is 2.71.